The second-order valence-electron chi connectivity index (χ2n) is 5.70. The maximum Gasteiger partial charge on any atom is 0.296 e. The zero-order valence-corrected chi connectivity index (χ0v) is 13.5. The Hall–Kier alpha value is -2.95. The first-order valence-corrected chi connectivity index (χ1v) is 7.52. The Morgan fingerprint density at radius 1 is 0.826 bits per heavy atom. The molecule has 3 rings (SSSR count). The molecule has 0 fully saturated rings. The third-order valence-electron chi connectivity index (χ3n) is 3.75. The number of aromatic amines is 1. The standard InChI is InChI=1S/C18H20N4O/c1-12-4-8-15(9-5-12)19-20-17-14(3)21-22(18(17)23)16-10-6-13(2)7-11-16/h4-11,19-21H,1-3H3. The monoisotopic (exact) mass is 308 g/mol. The first-order chi connectivity index (χ1) is 11.0. The Kier molecular flexibility index (Phi) is 3.93. The van der Waals surface area contributed by atoms with E-state index in [-0.39, 0.29) is 5.56 Å². The van der Waals surface area contributed by atoms with Crippen LogP contribution in [0.25, 0.3) is 5.69 Å². The van der Waals surface area contributed by atoms with Gasteiger partial charge in [-0.15, -0.1) is 0 Å². The summed E-state index contributed by atoms with van der Waals surface area (Å²) in [6.45, 7) is 5.92. The summed E-state index contributed by atoms with van der Waals surface area (Å²) in [5.41, 5.74) is 11.3. The van der Waals surface area contributed by atoms with Gasteiger partial charge in [0, 0.05) is 0 Å². The minimum absolute atomic E-state index is 0.119. The zero-order chi connectivity index (χ0) is 16.4. The molecule has 3 aromatic rings. The molecule has 2 aromatic carbocycles. The molecule has 0 saturated heterocycles. The van der Waals surface area contributed by atoms with Gasteiger partial charge in [0.05, 0.1) is 17.1 Å². The Balaban J connectivity index is 1.84. The molecule has 1 heterocycles. The first kappa shape index (κ1) is 15.0. The summed E-state index contributed by atoms with van der Waals surface area (Å²) in [7, 11) is 0. The van der Waals surface area contributed by atoms with Crippen LogP contribution in [0.5, 0.6) is 0 Å². The fourth-order valence-electron chi connectivity index (χ4n) is 2.34. The summed E-state index contributed by atoms with van der Waals surface area (Å²) in [5, 5.41) is 3.10. The summed E-state index contributed by atoms with van der Waals surface area (Å²) < 4.78 is 1.54. The second-order valence-corrected chi connectivity index (χ2v) is 5.70. The molecule has 0 spiro atoms. The van der Waals surface area contributed by atoms with Crippen molar-refractivity contribution in [2.45, 2.75) is 20.8 Å². The summed E-state index contributed by atoms with van der Waals surface area (Å²) in [6.07, 6.45) is 0. The van der Waals surface area contributed by atoms with E-state index in [0.717, 1.165) is 22.6 Å². The van der Waals surface area contributed by atoms with Crippen LogP contribution in [0, 0.1) is 20.8 Å². The summed E-state index contributed by atoms with van der Waals surface area (Å²) >= 11 is 0. The number of H-pyrrole nitrogens is 1. The molecule has 0 bridgehead atoms. The highest BCUT2D eigenvalue weighted by atomic mass is 16.1. The smallest absolute Gasteiger partial charge is 0.296 e. The minimum atomic E-state index is -0.119. The van der Waals surface area contributed by atoms with Crippen molar-refractivity contribution in [1.82, 2.24) is 9.78 Å². The molecule has 0 atom stereocenters. The second kappa shape index (κ2) is 6.04. The minimum Gasteiger partial charge on any atom is -0.301 e. The quantitative estimate of drug-likeness (QED) is 0.646. The van der Waals surface area contributed by atoms with Crippen molar-refractivity contribution in [3.63, 3.8) is 0 Å². The van der Waals surface area contributed by atoms with Gasteiger partial charge in [-0.1, -0.05) is 35.4 Å². The van der Waals surface area contributed by atoms with Gasteiger partial charge < -0.3 is 5.43 Å². The number of hydrogen-bond donors (Lipinski definition) is 3. The topological polar surface area (TPSA) is 61.8 Å². The first-order valence-electron chi connectivity index (χ1n) is 7.52. The number of nitrogens with zero attached hydrogens (tertiary/aromatic N) is 1. The highest BCUT2D eigenvalue weighted by Crippen LogP contribution is 2.13. The van der Waals surface area contributed by atoms with Crippen molar-refractivity contribution in [2.24, 2.45) is 0 Å². The van der Waals surface area contributed by atoms with Crippen LogP contribution >= 0.6 is 0 Å². The number of nitrogens with one attached hydrogen (secondary N) is 3. The van der Waals surface area contributed by atoms with Gasteiger partial charge >= 0.3 is 0 Å². The molecule has 0 amide bonds. The van der Waals surface area contributed by atoms with E-state index in [4.69, 9.17) is 0 Å². The maximum absolute atomic E-state index is 12.6. The maximum atomic E-state index is 12.6. The molecule has 0 unspecified atom stereocenters. The van der Waals surface area contributed by atoms with Crippen molar-refractivity contribution >= 4 is 11.4 Å². The third-order valence-corrected chi connectivity index (χ3v) is 3.75. The molecule has 0 saturated carbocycles. The van der Waals surface area contributed by atoms with Crippen LogP contribution in [0.2, 0.25) is 0 Å². The van der Waals surface area contributed by atoms with Crippen molar-refractivity contribution in [1.29, 1.82) is 0 Å². The number of benzene rings is 2. The van der Waals surface area contributed by atoms with Crippen molar-refractivity contribution in [3.05, 3.63) is 75.7 Å². The number of hydrogen-bond acceptors (Lipinski definition) is 3. The van der Waals surface area contributed by atoms with Gasteiger partial charge in [-0.25, -0.2) is 4.68 Å². The van der Waals surface area contributed by atoms with Gasteiger partial charge in [-0.2, -0.15) is 0 Å². The third kappa shape index (κ3) is 3.13. The Morgan fingerprint density at radius 3 is 2.00 bits per heavy atom. The highest BCUT2D eigenvalue weighted by Gasteiger charge is 2.12. The molecule has 5 heteroatoms. The molecule has 118 valence electrons. The SMILES string of the molecule is Cc1ccc(NNc2c(C)[nH]n(-c3ccc(C)cc3)c2=O)cc1. The lowest BCUT2D eigenvalue weighted by atomic mass is 10.2. The number of aromatic nitrogens is 2. The normalized spacial score (nSPS) is 10.6. The fraction of sp³-hybridized carbons (Fsp3) is 0.167. The number of hydrazine groups is 1. The highest BCUT2D eigenvalue weighted by molar-refractivity contribution is 5.55. The fourth-order valence-corrected chi connectivity index (χ4v) is 2.34. The molecule has 0 radical (unpaired) electrons. The van der Waals surface area contributed by atoms with Crippen molar-refractivity contribution in [2.75, 3.05) is 10.9 Å². The van der Waals surface area contributed by atoms with Crippen LogP contribution in [0.4, 0.5) is 11.4 Å². The van der Waals surface area contributed by atoms with Crippen LogP contribution in [-0.4, -0.2) is 9.78 Å². The summed E-state index contributed by atoms with van der Waals surface area (Å²) in [4.78, 5) is 12.6. The van der Waals surface area contributed by atoms with Crippen LogP contribution in [0.1, 0.15) is 16.8 Å². The lowest BCUT2D eigenvalue weighted by molar-refractivity contribution is 0.835. The van der Waals surface area contributed by atoms with Crippen LogP contribution in [0.15, 0.2) is 53.3 Å². The van der Waals surface area contributed by atoms with Gasteiger partial charge in [-0.05, 0) is 45.0 Å². The predicted octanol–water partition coefficient (Wildman–Crippen LogP) is 3.53. The zero-order valence-electron chi connectivity index (χ0n) is 13.5. The van der Waals surface area contributed by atoms with E-state index in [1.165, 1.54) is 10.2 Å². The van der Waals surface area contributed by atoms with Gasteiger partial charge in [-0.3, -0.25) is 15.3 Å². The molecule has 0 aliphatic rings. The molecule has 1 aromatic heterocycles. The van der Waals surface area contributed by atoms with Crippen LogP contribution < -0.4 is 16.4 Å². The Morgan fingerprint density at radius 2 is 1.39 bits per heavy atom. The molecular weight excluding hydrogens is 288 g/mol. The van der Waals surface area contributed by atoms with E-state index in [2.05, 4.69) is 16.0 Å². The number of aryl methyl sites for hydroxylation is 3. The van der Waals surface area contributed by atoms with Gasteiger partial charge in [0.15, 0.2) is 0 Å². The van der Waals surface area contributed by atoms with Crippen molar-refractivity contribution < 1.29 is 0 Å². The van der Waals surface area contributed by atoms with Gasteiger partial charge in [0.2, 0.25) is 0 Å². The average molecular weight is 308 g/mol. The van der Waals surface area contributed by atoms with E-state index >= 15 is 0 Å². The number of anilines is 2. The van der Waals surface area contributed by atoms with Gasteiger partial charge in [0.25, 0.3) is 5.56 Å². The predicted molar refractivity (Wildman–Crippen MR) is 94.3 cm³/mol. The molecular formula is C18H20N4O. The van der Waals surface area contributed by atoms with E-state index in [1.54, 1.807) is 0 Å². The molecule has 3 N–H and O–H groups in total. The molecule has 5 nitrogen and oxygen atoms in total. The van der Waals surface area contributed by atoms with E-state index in [9.17, 15) is 4.79 Å². The number of rotatable bonds is 4. The molecule has 0 aliphatic carbocycles. The van der Waals surface area contributed by atoms with Crippen LogP contribution in [-0.2, 0) is 0 Å². The summed E-state index contributed by atoms with van der Waals surface area (Å²) in [6, 6.07) is 15.8. The molecule has 23 heavy (non-hydrogen) atoms. The lowest BCUT2D eigenvalue weighted by Crippen LogP contribution is -2.20. The molecule has 0 aliphatic heterocycles. The van der Waals surface area contributed by atoms with E-state index in [1.807, 2.05) is 69.3 Å². The summed E-state index contributed by atoms with van der Waals surface area (Å²) in [5.74, 6) is 0. The average Bonchev–Trinajstić information content (AvgIpc) is 2.82. The van der Waals surface area contributed by atoms with Crippen molar-refractivity contribution in [3.8, 4) is 5.69 Å². The Bertz CT molecular complexity index is 858. The van der Waals surface area contributed by atoms with Crippen LogP contribution in [0.3, 0.4) is 0 Å². The van der Waals surface area contributed by atoms with E-state index in [0.29, 0.717) is 5.69 Å². The lowest BCUT2D eigenvalue weighted by Gasteiger charge is -2.08. The largest absolute Gasteiger partial charge is 0.301 e. The Labute approximate surface area is 134 Å². The van der Waals surface area contributed by atoms with E-state index < -0.39 is 0 Å². The van der Waals surface area contributed by atoms with Gasteiger partial charge in [0.1, 0.15) is 5.69 Å².